The number of aromatic nitrogens is 1. The van der Waals surface area contributed by atoms with Gasteiger partial charge in [0, 0.05) is 48.0 Å². The van der Waals surface area contributed by atoms with Crippen molar-refractivity contribution < 1.29 is 42.9 Å². The predicted octanol–water partition coefficient (Wildman–Crippen LogP) is 3.82. The van der Waals surface area contributed by atoms with E-state index >= 15 is 0 Å². The highest BCUT2D eigenvalue weighted by atomic mass is 16.7. The van der Waals surface area contributed by atoms with Crippen LogP contribution in [0.15, 0.2) is 36.5 Å². The minimum Gasteiger partial charge on any atom is -0.455 e. The van der Waals surface area contributed by atoms with Gasteiger partial charge >= 0.3 is 23.9 Å². The number of esters is 4. The molecule has 0 aliphatic carbocycles. The fourth-order valence-corrected chi connectivity index (χ4v) is 4.15. The molecule has 1 aromatic carbocycles. The standard InChI is InChI=1S/C27H33NO9/c1-6-20(29)34-24-16(4)33-26(25(35-21(30)7-2)27(24,5)37-22(31)8-3)36-23(32)14-13-17-15-28-19-12-10-9-11-18(17)19/h9-16,24-26,28H,6-8H2,1-5H3/b14-13+/t16-,24+,25+,26-,27-/m0/s1. The summed E-state index contributed by atoms with van der Waals surface area (Å²) in [5, 5.41) is 0.920. The Morgan fingerprint density at radius 3 is 2.22 bits per heavy atom. The molecule has 0 amide bonds. The zero-order chi connectivity index (χ0) is 27.2. The first-order valence-corrected chi connectivity index (χ1v) is 12.3. The number of para-hydroxylation sites is 1. The third-order valence-electron chi connectivity index (χ3n) is 6.12. The smallest absolute Gasteiger partial charge is 0.333 e. The number of hydrogen-bond acceptors (Lipinski definition) is 9. The molecule has 1 aliphatic heterocycles. The van der Waals surface area contributed by atoms with E-state index < -0.39 is 54.1 Å². The molecule has 0 saturated carbocycles. The fraction of sp³-hybridized carbons (Fsp3) is 0.481. The average Bonchev–Trinajstić information content (AvgIpc) is 3.30. The van der Waals surface area contributed by atoms with Gasteiger partial charge in [-0.3, -0.25) is 14.4 Å². The van der Waals surface area contributed by atoms with Crippen LogP contribution in [0, 0.1) is 0 Å². The van der Waals surface area contributed by atoms with Crippen molar-refractivity contribution in [2.75, 3.05) is 0 Å². The number of hydrogen-bond donors (Lipinski definition) is 1. The molecule has 1 N–H and O–H groups in total. The SMILES string of the molecule is CCC(=O)O[C@@H]1[C@H](OC(=O)/C=C/c2c[nH]c3ccccc23)O[C@@H](C)[C@@H](OC(=O)CC)[C@]1(C)OC(=O)CC. The molecule has 5 atom stereocenters. The van der Waals surface area contributed by atoms with Crippen LogP contribution < -0.4 is 0 Å². The van der Waals surface area contributed by atoms with E-state index in [0.29, 0.717) is 0 Å². The molecule has 0 radical (unpaired) electrons. The second kappa shape index (κ2) is 12.1. The number of benzene rings is 1. The van der Waals surface area contributed by atoms with E-state index in [4.69, 9.17) is 23.7 Å². The van der Waals surface area contributed by atoms with E-state index in [0.717, 1.165) is 16.5 Å². The van der Waals surface area contributed by atoms with Crippen LogP contribution in [0.5, 0.6) is 0 Å². The van der Waals surface area contributed by atoms with Crippen LogP contribution in [0.4, 0.5) is 0 Å². The summed E-state index contributed by atoms with van der Waals surface area (Å²) in [6, 6.07) is 7.60. The zero-order valence-electron chi connectivity index (χ0n) is 21.6. The van der Waals surface area contributed by atoms with Crippen LogP contribution in [0.2, 0.25) is 0 Å². The monoisotopic (exact) mass is 515 g/mol. The first kappa shape index (κ1) is 27.9. The van der Waals surface area contributed by atoms with E-state index in [9.17, 15) is 19.2 Å². The van der Waals surface area contributed by atoms with E-state index in [1.54, 1.807) is 40.0 Å². The van der Waals surface area contributed by atoms with Gasteiger partial charge in [0.05, 0.1) is 0 Å². The molecule has 200 valence electrons. The fourth-order valence-electron chi connectivity index (χ4n) is 4.15. The summed E-state index contributed by atoms with van der Waals surface area (Å²) in [7, 11) is 0. The minimum atomic E-state index is -1.69. The maximum absolute atomic E-state index is 12.8. The molecular weight excluding hydrogens is 482 g/mol. The van der Waals surface area contributed by atoms with Gasteiger partial charge in [-0.2, -0.15) is 0 Å². The Hall–Kier alpha value is -3.66. The van der Waals surface area contributed by atoms with Crippen molar-refractivity contribution in [2.45, 2.75) is 84.1 Å². The van der Waals surface area contributed by atoms with Gasteiger partial charge in [-0.05, 0) is 26.0 Å². The zero-order valence-corrected chi connectivity index (χ0v) is 21.6. The molecule has 1 saturated heterocycles. The molecule has 0 unspecified atom stereocenters. The van der Waals surface area contributed by atoms with Gasteiger partial charge in [0.25, 0.3) is 0 Å². The quantitative estimate of drug-likeness (QED) is 0.301. The third kappa shape index (κ3) is 6.37. The van der Waals surface area contributed by atoms with Crippen LogP contribution in [0.25, 0.3) is 17.0 Å². The first-order chi connectivity index (χ1) is 17.6. The highest BCUT2D eigenvalue weighted by Crippen LogP contribution is 2.38. The summed E-state index contributed by atoms with van der Waals surface area (Å²) in [5.74, 6) is -2.58. The summed E-state index contributed by atoms with van der Waals surface area (Å²) in [5.41, 5.74) is -0.00767. The Morgan fingerprint density at radius 2 is 1.57 bits per heavy atom. The highest BCUT2D eigenvalue weighted by molar-refractivity contribution is 5.94. The summed E-state index contributed by atoms with van der Waals surface area (Å²) in [6.07, 6.45) is -0.160. The number of nitrogens with one attached hydrogen (secondary N) is 1. The van der Waals surface area contributed by atoms with Crippen molar-refractivity contribution in [1.29, 1.82) is 0 Å². The van der Waals surface area contributed by atoms with E-state index in [-0.39, 0.29) is 19.3 Å². The van der Waals surface area contributed by atoms with Gasteiger partial charge in [-0.15, -0.1) is 0 Å². The first-order valence-electron chi connectivity index (χ1n) is 12.3. The highest BCUT2D eigenvalue weighted by Gasteiger charge is 2.60. The van der Waals surface area contributed by atoms with Crippen LogP contribution in [0.1, 0.15) is 59.4 Å². The summed E-state index contributed by atoms with van der Waals surface area (Å²) >= 11 is 0. The maximum atomic E-state index is 12.8. The molecule has 10 heteroatoms. The predicted molar refractivity (Wildman–Crippen MR) is 133 cm³/mol. The normalized spacial score (nSPS) is 25.5. The number of rotatable bonds is 9. The molecular formula is C27H33NO9. The van der Waals surface area contributed by atoms with Crippen LogP contribution in [0.3, 0.4) is 0 Å². The van der Waals surface area contributed by atoms with Gasteiger partial charge in [-0.25, -0.2) is 4.79 Å². The van der Waals surface area contributed by atoms with Gasteiger partial charge in [0.2, 0.25) is 12.4 Å². The molecule has 2 heterocycles. The summed E-state index contributed by atoms with van der Waals surface area (Å²) in [4.78, 5) is 52.9. The Labute approximate surface area is 215 Å². The number of carbonyl (C=O) groups excluding carboxylic acids is 4. The second-order valence-corrected chi connectivity index (χ2v) is 8.81. The summed E-state index contributed by atoms with van der Waals surface area (Å²) in [6.45, 7) is 7.87. The molecule has 3 rings (SSSR count). The van der Waals surface area contributed by atoms with Crippen molar-refractivity contribution in [3.63, 3.8) is 0 Å². The van der Waals surface area contributed by atoms with Gasteiger partial charge in [0.1, 0.15) is 6.10 Å². The molecule has 1 aliphatic rings. The lowest BCUT2D eigenvalue weighted by atomic mass is 9.85. The molecule has 1 aromatic heterocycles. The number of H-pyrrole nitrogens is 1. The molecule has 37 heavy (non-hydrogen) atoms. The Balaban J connectivity index is 1.91. The number of fused-ring (bicyclic) bond motifs is 1. The van der Waals surface area contributed by atoms with Crippen molar-refractivity contribution in [3.8, 4) is 0 Å². The number of carbonyl (C=O) groups is 4. The molecule has 0 bridgehead atoms. The largest absolute Gasteiger partial charge is 0.455 e. The average molecular weight is 516 g/mol. The number of ether oxygens (including phenoxy) is 5. The van der Waals surface area contributed by atoms with Crippen LogP contribution in [-0.2, 0) is 42.9 Å². The molecule has 1 fully saturated rings. The molecule has 2 aromatic rings. The maximum Gasteiger partial charge on any atom is 0.333 e. The van der Waals surface area contributed by atoms with Crippen molar-refractivity contribution in [1.82, 2.24) is 4.98 Å². The van der Waals surface area contributed by atoms with Crippen LogP contribution in [-0.4, -0.2) is 59.1 Å². The third-order valence-corrected chi connectivity index (χ3v) is 6.12. The van der Waals surface area contributed by atoms with Gasteiger partial charge < -0.3 is 28.7 Å². The van der Waals surface area contributed by atoms with Crippen LogP contribution >= 0.6 is 0 Å². The van der Waals surface area contributed by atoms with Crippen molar-refractivity contribution in [3.05, 3.63) is 42.1 Å². The molecule has 0 spiro atoms. The van der Waals surface area contributed by atoms with E-state index in [2.05, 4.69) is 4.98 Å². The van der Waals surface area contributed by atoms with Crippen molar-refractivity contribution in [2.24, 2.45) is 0 Å². The van der Waals surface area contributed by atoms with Gasteiger partial charge in [0.15, 0.2) is 11.7 Å². The Bertz CT molecular complexity index is 1170. The number of aromatic amines is 1. The Morgan fingerprint density at radius 1 is 0.946 bits per heavy atom. The second-order valence-electron chi connectivity index (χ2n) is 8.81. The van der Waals surface area contributed by atoms with Crippen molar-refractivity contribution >= 4 is 40.9 Å². The lowest BCUT2D eigenvalue weighted by molar-refractivity contribution is -0.319. The Kier molecular flexibility index (Phi) is 9.09. The molecule has 10 nitrogen and oxygen atoms in total. The minimum absolute atomic E-state index is 0.00437. The van der Waals surface area contributed by atoms with E-state index in [1.807, 2.05) is 24.3 Å². The van der Waals surface area contributed by atoms with Gasteiger partial charge in [-0.1, -0.05) is 39.0 Å². The lowest BCUT2D eigenvalue weighted by Gasteiger charge is -2.49. The topological polar surface area (TPSA) is 130 Å². The van der Waals surface area contributed by atoms with E-state index in [1.165, 1.54) is 13.0 Å². The lowest BCUT2D eigenvalue weighted by Crippen LogP contribution is -2.68. The summed E-state index contributed by atoms with van der Waals surface area (Å²) < 4.78 is 28.3.